The fourth-order valence-electron chi connectivity index (χ4n) is 1.91. The maximum absolute atomic E-state index is 13.2. The zero-order valence-electron chi connectivity index (χ0n) is 8.52. The summed E-state index contributed by atoms with van der Waals surface area (Å²) in [7, 11) is 1.34. The Kier molecular flexibility index (Phi) is 2.86. The third-order valence-electron chi connectivity index (χ3n) is 2.77. The van der Waals surface area contributed by atoms with E-state index < -0.39 is 11.6 Å². The van der Waals surface area contributed by atoms with Crippen LogP contribution in [0.25, 0.3) is 0 Å². The van der Waals surface area contributed by atoms with E-state index in [-0.39, 0.29) is 11.7 Å². The number of nitrogens with one attached hydrogen (secondary N) is 1. The summed E-state index contributed by atoms with van der Waals surface area (Å²) in [5.74, 6) is -1.51. The van der Waals surface area contributed by atoms with E-state index in [2.05, 4.69) is 5.32 Å². The summed E-state index contributed by atoms with van der Waals surface area (Å²) in [5, 5.41) is 3.19. The van der Waals surface area contributed by atoms with Crippen LogP contribution in [0.15, 0.2) is 12.1 Å². The van der Waals surface area contributed by atoms with Gasteiger partial charge in [-0.25, -0.2) is 4.39 Å². The largest absolute Gasteiger partial charge is 0.494 e. The van der Waals surface area contributed by atoms with Gasteiger partial charge in [-0.05, 0) is 36.6 Å². The molecule has 0 saturated carbocycles. The maximum atomic E-state index is 13.2. The van der Waals surface area contributed by atoms with Gasteiger partial charge in [0.1, 0.15) is 0 Å². The van der Waals surface area contributed by atoms with E-state index in [9.17, 15) is 8.78 Å². The SMILES string of the molecule is COc1cc([C@H]2CCNC2)cc(F)c1F. The molecular formula is C11H13F2NO. The van der Waals surface area contributed by atoms with Crippen LogP contribution in [0.3, 0.4) is 0 Å². The lowest BCUT2D eigenvalue weighted by atomic mass is 9.98. The zero-order chi connectivity index (χ0) is 10.8. The summed E-state index contributed by atoms with van der Waals surface area (Å²) in [6.07, 6.45) is 0.953. The second-order valence-corrected chi connectivity index (χ2v) is 3.71. The minimum Gasteiger partial charge on any atom is -0.494 e. The highest BCUT2D eigenvalue weighted by Crippen LogP contribution is 2.29. The molecule has 1 N–H and O–H groups in total. The Balaban J connectivity index is 2.35. The monoisotopic (exact) mass is 213 g/mol. The summed E-state index contributed by atoms with van der Waals surface area (Å²) in [5.41, 5.74) is 0.802. The lowest BCUT2D eigenvalue weighted by Gasteiger charge is -2.11. The molecule has 0 radical (unpaired) electrons. The number of ether oxygens (including phenoxy) is 1. The first-order chi connectivity index (χ1) is 7.22. The molecule has 0 amide bonds. The van der Waals surface area contributed by atoms with Crippen LogP contribution in [-0.4, -0.2) is 20.2 Å². The highest BCUT2D eigenvalue weighted by Gasteiger charge is 2.20. The number of rotatable bonds is 2. The van der Waals surface area contributed by atoms with E-state index in [0.717, 1.165) is 25.1 Å². The van der Waals surface area contributed by atoms with E-state index in [4.69, 9.17) is 4.74 Å². The van der Waals surface area contributed by atoms with Gasteiger partial charge in [-0.15, -0.1) is 0 Å². The molecule has 1 saturated heterocycles. The molecular weight excluding hydrogens is 200 g/mol. The highest BCUT2D eigenvalue weighted by atomic mass is 19.2. The van der Waals surface area contributed by atoms with Crippen LogP contribution in [0.4, 0.5) is 8.78 Å². The van der Waals surface area contributed by atoms with E-state index in [1.165, 1.54) is 13.2 Å². The van der Waals surface area contributed by atoms with E-state index in [1.54, 1.807) is 6.07 Å². The molecule has 0 aromatic heterocycles. The van der Waals surface area contributed by atoms with Gasteiger partial charge in [0.2, 0.25) is 5.82 Å². The minimum atomic E-state index is -0.910. The molecule has 1 heterocycles. The Morgan fingerprint density at radius 1 is 1.40 bits per heavy atom. The number of hydrogen-bond donors (Lipinski definition) is 1. The van der Waals surface area contributed by atoms with Gasteiger partial charge in [0.15, 0.2) is 11.6 Å². The van der Waals surface area contributed by atoms with Gasteiger partial charge in [0.05, 0.1) is 7.11 Å². The van der Waals surface area contributed by atoms with Crippen LogP contribution >= 0.6 is 0 Å². The number of methoxy groups -OCH3 is 1. The minimum absolute atomic E-state index is 0.0168. The van der Waals surface area contributed by atoms with Crippen LogP contribution in [-0.2, 0) is 0 Å². The first-order valence-corrected chi connectivity index (χ1v) is 4.96. The van der Waals surface area contributed by atoms with Gasteiger partial charge in [0.25, 0.3) is 0 Å². The first kappa shape index (κ1) is 10.4. The molecule has 1 aliphatic rings. The van der Waals surface area contributed by atoms with Crippen molar-refractivity contribution >= 4 is 0 Å². The fraction of sp³-hybridized carbons (Fsp3) is 0.455. The Bertz CT molecular complexity index is 362. The van der Waals surface area contributed by atoms with Crippen molar-refractivity contribution < 1.29 is 13.5 Å². The molecule has 0 spiro atoms. The summed E-state index contributed by atoms with van der Waals surface area (Å²) in [6, 6.07) is 2.84. The Labute approximate surface area is 87.2 Å². The number of hydrogen-bond acceptors (Lipinski definition) is 2. The van der Waals surface area contributed by atoms with Gasteiger partial charge in [-0.2, -0.15) is 4.39 Å². The maximum Gasteiger partial charge on any atom is 0.200 e. The molecule has 0 aliphatic carbocycles. The lowest BCUT2D eigenvalue weighted by Crippen LogP contribution is -2.08. The molecule has 1 aromatic carbocycles. The van der Waals surface area contributed by atoms with Gasteiger partial charge >= 0.3 is 0 Å². The smallest absolute Gasteiger partial charge is 0.200 e. The summed E-state index contributed by atoms with van der Waals surface area (Å²) in [4.78, 5) is 0. The van der Waals surface area contributed by atoms with Crippen LogP contribution < -0.4 is 10.1 Å². The molecule has 2 rings (SSSR count). The summed E-state index contributed by atoms with van der Waals surface area (Å²) < 4.78 is 31.1. The molecule has 15 heavy (non-hydrogen) atoms. The summed E-state index contributed by atoms with van der Waals surface area (Å²) in [6.45, 7) is 1.74. The molecule has 1 fully saturated rings. The Hall–Kier alpha value is -1.16. The van der Waals surface area contributed by atoms with Crippen LogP contribution in [0, 0.1) is 11.6 Å². The molecule has 82 valence electrons. The predicted octanol–water partition coefficient (Wildman–Crippen LogP) is 2.05. The predicted molar refractivity (Wildman–Crippen MR) is 53.1 cm³/mol. The number of benzene rings is 1. The van der Waals surface area contributed by atoms with Crippen molar-refractivity contribution in [2.75, 3.05) is 20.2 Å². The lowest BCUT2D eigenvalue weighted by molar-refractivity contribution is 0.370. The van der Waals surface area contributed by atoms with Crippen LogP contribution in [0.1, 0.15) is 17.9 Å². The van der Waals surface area contributed by atoms with Gasteiger partial charge in [-0.3, -0.25) is 0 Å². The van der Waals surface area contributed by atoms with Crippen molar-refractivity contribution in [2.45, 2.75) is 12.3 Å². The van der Waals surface area contributed by atoms with Crippen molar-refractivity contribution in [3.8, 4) is 5.75 Å². The third kappa shape index (κ3) is 1.95. The Morgan fingerprint density at radius 2 is 2.20 bits per heavy atom. The van der Waals surface area contributed by atoms with Crippen molar-refractivity contribution in [1.29, 1.82) is 0 Å². The van der Waals surface area contributed by atoms with Crippen LogP contribution in [0.5, 0.6) is 5.75 Å². The molecule has 0 unspecified atom stereocenters. The quantitative estimate of drug-likeness (QED) is 0.811. The molecule has 1 aromatic rings. The van der Waals surface area contributed by atoms with Gasteiger partial charge < -0.3 is 10.1 Å². The fourth-order valence-corrected chi connectivity index (χ4v) is 1.91. The van der Waals surface area contributed by atoms with Crippen molar-refractivity contribution in [3.63, 3.8) is 0 Å². The normalized spacial score (nSPS) is 20.6. The Morgan fingerprint density at radius 3 is 2.80 bits per heavy atom. The van der Waals surface area contributed by atoms with E-state index >= 15 is 0 Å². The number of halogens is 2. The topological polar surface area (TPSA) is 21.3 Å². The zero-order valence-corrected chi connectivity index (χ0v) is 8.52. The van der Waals surface area contributed by atoms with Gasteiger partial charge in [0, 0.05) is 6.54 Å². The molecule has 0 bridgehead atoms. The van der Waals surface area contributed by atoms with E-state index in [0.29, 0.717) is 0 Å². The van der Waals surface area contributed by atoms with Crippen molar-refractivity contribution in [2.24, 2.45) is 0 Å². The molecule has 1 atom stereocenters. The standard InChI is InChI=1S/C11H13F2NO/c1-15-10-5-8(4-9(12)11(10)13)7-2-3-14-6-7/h4-5,7,14H,2-3,6H2,1H3/t7-/m0/s1. The van der Waals surface area contributed by atoms with E-state index in [1.807, 2.05) is 0 Å². The molecule has 1 aliphatic heterocycles. The first-order valence-electron chi connectivity index (χ1n) is 4.96. The second kappa shape index (κ2) is 4.14. The van der Waals surface area contributed by atoms with Crippen LogP contribution in [0.2, 0.25) is 0 Å². The highest BCUT2D eigenvalue weighted by molar-refractivity contribution is 5.34. The third-order valence-corrected chi connectivity index (χ3v) is 2.77. The molecule has 2 nitrogen and oxygen atoms in total. The average molecular weight is 213 g/mol. The second-order valence-electron chi connectivity index (χ2n) is 3.71. The average Bonchev–Trinajstić information content (AvgIpc) is 2.75. The van der Waals surface area contributed by atoms with Gasteiger partial charge in [-0.1, -0.05) is 0 Å². The van der Waals surface area contributed by atoms with Crippen molar-refractivity contribution in [3.05, 3.63) is 29.3 Å². The summed E-state index contributed by atoms with van der Waals surface area (Å²) >= 11 is 0. The molecule has 4 heteroatoms. The van der Waals surface area contributed by atoms with Crippen molar-refractivity contribution in [1.82, 2.24) is 5.32 Å².